The van der Waals surface area contributed by atoms with Crippen LogP contribution in [0.2, 0.25) is 5.02 Å². The van der Waals surface area contributed by atoms with Crippen LogP contribution in [0, 0.1) is 17.3 Å². The molecule has 2 aromatic rings. The van der Waals surface area contributed by atoms with Gasteiger partial charge < -0.3 is 5.32 Å². The molecule has 4 fully saturated rings. The number of rotatable bonds is 5. The van der Waals surface area contributed by atoms with Crippen LogP contribution in [0.15, 0.2) is 54.6 Å². The summed E-state index contributed by atoms with van der Waals surface area (Å²) < 4.78 is 0. The lowest BCUT2D eigenvalue weighted by Crippen LogP contribution is -2.54. The summed E-state index contributed by atoms with van der Waals surface area (Å²) in [5, 5.41) is 4.52. The number of hydrogen-bond donors (Lipinski definition) is 1. The molecule has 0 spiro atoms. The highest BCUT2D eigenvalue weighted by Crippen LogP contribution is 2.66. The SMILES string of the molecule is Clc1ccc(C23CC4CC(CC(CCNc5ccccc5)(C4)C2)C3)cc1. The van der Waals surface area contributed by atoms with Gasteiger partial charge in [-0.05, 0) is 97.4 Å². The zero-order valence-electron chi connectivity index (χ0n) is 15.4. The van der Waals surface area contributed by atoms with Gasteiger partial charge in [0.2, 0.25) is 0 Å². The first kappa shape index (κ1) is 16.7. The average molecular weight is 366 g/mol. The van der Waals surface area contributed by atoms with Crippen LogP contribution in [0.4, 0.5) is 5.69 Å². The van der Waals surface area contributed by atoms with Gasteiger partial charge in [0.1, 0.15) is 0 Å². The fourth-order valence-corrected chi connectivity index (χ4v) is 7.04. The summed E-state index contributed by atoms with van der Waals surface area (Å²) in [6.07, 6.45) is 9.88. The lowest BCUT2D eigenvalue weighted by Gasteiger charge is -2.62. The lowest BCUT2D eigenvalue weighted by atomic mass is 9.42. The van der Waals surface area contributed by atoms with Gasteiger partial charge in [-0.15, -0.1) is 0 Å². The third-order valence-corrected chi connectivity index (χ3v) is 7.65. The van der Waals surface area contributed by atoms with Crippen LogP contribution in [-0.2, 0) is 5.41 Å². The molecule has 0 amide bonds. The van der Waals surface area contributed by atoms with Crippen LogP contribution in [0.5, 0.6) is 0 Å². The zero-order valence-corrected chi connectivity index (χ0v) is 16.1. The normalized spacial score (nSPS) is 34.8. The van der Waals surface area contributed by atoms with Gasteiger partial charge in [-0.2, -0.15) is 0 Å². The van der Waals surface area contributed by atoms with Crippen LogP contribution < -0.4 is 5.32 Å². The van der Waals surface area contributed by atoms with Gasteiger partial charge >= 0.3 is 0 Å². The maximum Gasteiger partial charge on any atom is 0.0406 e. The molecule has 4 aliphatic carbocycles. The molecule has 136 valence electrons. The largest absolute Gasteiger partial charge is 0.385 e. The Labute approximate surface area is 162 Å². The monoisotopic (exact) mass is 365 g/mol. The number of anilines is 1. The van der Waals surface area contributed by atoms with Crippen molar-refractivity contribution in [2.24, 2.45) is 17.3 Å². The maximum absolute atomic E-state index is 6.17. The Morgan fingerprint density at radius 3 is 2.27 bits per heavy atom. The van der Waals surface area contributed by atoms with Gasteiger partial charge in [-0.25, -0.2) is 0 Å². The Morgan fingerprint density at radius 1 is 0.885 bits per heavy atom. The van der Waals surface area contributed by atoms with Gasteiger partial charge in [0.15, 0.2) is 0 Å². The van der Waals surface area contributed by atoms with Crippen molar-refractivity contribution in [3.05, 3.63) is 65.2 Å². The zero-order chi connectivity index (χ0) is 17.6. The topological polar surface area (TPSA) is 12.0 Å². The molecule has 0 aliphatic heterocycles. The van der Waals surface area contributed by atoms with Crippen molar-refractivity contribution in [3.63, 3.8) is 0 Å². The molecule has 0 heterocycles. The molecule has 1 N–H and O–H groups in total. The molecule has 0 radical (unpaired) electrons. The average Bonchev–Trinajstić information content (AvgIpc) is 2.62. The molecule has 4 saturated carbocycles. The highest BCUT2D eigenvalue weighted by Gasteiger charge is 2.57. The summed E-state index contributed by atoms with van der Waals surface area (Å²) >= 11 is 6.17. The van der Waals surface area contributed by atoms with E-state index in [2.05, 4.69) is 59.9 Å². The molecule has 26 heavy (non-hydrogen) atoms. The summed E-state index contributed by atoms with van der Waals surface area (Å²) in [4.78, 5) is 0. The second kappa shape index (κ2) is 6.30. The molecule has 2 unspecified atom stereocenters. The summed E-state index contributed by atoms with van der Waals surface area (Å²) in [5.41, 5.74) is 3.77. The minimum atomic E-state index is 0.418. The van der Waals surface area contributed by atoms with Crippen LogP contribution >= 0.6 is 11.6 Å². The lowest BCUT2D eigenvalue weighted by molar-refractivity contribution is -0.0744. The van der Waals surface area contributed by atoms with Gasteiger partial charge in [-0.1, -0.05) is 41.9 Å². The van der Waals surface area contributed by atoms with Gasteiger partial charge in [0, 0.05) is 17.3 Å². The van der Waals surface area contributed by atoms with Crippen LogP contribution in [0.3, 0.4) is 0 Å². The van der Waals surface area contributed by atoms with E-state index in [4.69, 9.17) is 11.6 Å². The minimum absolute atomic E-state index is 0.418. The number of benzene rings is 2. The van der Waals surface area contributed by atoms with Crippen molar-refractivity contribution in [1.82, 2.24) is 0 Å². The Bertz CT molecular complexity index is 753. The second-order valence-electron chi connectivity index (χ2n) is 9.29. The fraction of sp³-hybridized carbons (Fsp3) is 0.500. The first-order chi connectivity index (χ1) is 12.6. The number of hydrogen-bond acceptors (Lipinski definition) is 1. The Balaban J connectivity index is 1.35. The molecular formula is C24H28ClN. The van der Waals surface area contributed by atoms with Gasteiger partial charge in [0.05, 0.1) is 0 Å². The first-order valence-corrected chi connectivity index (χ1v) is 10.6. The van der Waals surface area contributed by atoms with Crippen molar-refractivity contribution in [3.8, 4) is 0 Å². The van der Waals surface area contributed by atoms with Gasteiger partial charge in [-0.3, -0.25) is 0 Å². The van der Waals surface area contributed by atoms with Crippen molar-refractivity contribution in [2.45, 2.75) is 50.4 Å². The van der Waals surface area contributed by atoms with E-state index in [1.807, 2.05) is 0 Å². The maximum atomic E-state index is 6.17. The van der Waals surface area contributed by atoms with Crippen molar-refractivity contribution >= 4 is 17.3 Å². The first-order valence-electron chi connectivity index (χ1n) is 10.2. The molecule has 6 rings (SSSR count). The molecule has 2 atom stereocenters. The van der Waals surface area contributed by atoms with E-state index >= 15 is 0 Å². The summed E-state index contributed by atoms with van der Waals surface area (Å²) in [7, 11) is 0. The van der Waals surface area contributed by atoms with Gasteiger partial charge in [0.25, 0.3) is 0 Å². The molecule has 1 nitrogen and oxygen atoms in total. The van der Waals surface area contributed by atoms with E-state index in [0.717, 1.165) is 23.4 Å². The summed E-state index contributed by atoms with van der Waals surface area (Å²) in [6.45, 7) is 1.10. The third-order valence-electron chi connectivity index (χ3n) is 7.40. The smallest absolute Gasteiger partial charge is 0.0406 e. The molecule has 2 heteroatoms. The van der Waals surface area contributed by atoms with Crippen LogP contribution in [0.25, 0.3) is 0 Å². The van der Waals surface area contributed by atoms with Crippen molar-refractivity contribution in [1.29, 1.82) is 0 Å². The van der Waals surface area contributed by atoms with E-state index in [1.165, 1.54) is 50.6 Å². The van der Waals surface area contributed by atoms with E-state index in [1.54, 1.807) is 5.56 Å². The van der Waals surface area contributed by atoms with Crippen LogP contribution in [0.1, 0.15) is 50.5 Å². The number of para-hydroxylation sites is 1. The summed E-state index contributed by atoms with van der Waals surface area (Å²) in [6, 6.07) is 19.5. The predicted molar refractivity (Wildman–Crippen MR) is 110 cm³/mol. The standard InChI is InChI=1S/C24H28ClN/c25-21-8-6-20(7-9-21)24-15-18-12-19(16-24)14-23(13-18,17-24)10-11-26-22-4-2-1-3-5-22/h1-9,18-19,26H,10-17H2. The number of nitrogens with one attached hydrogen (secondary N) is 1. The third kappa shape index (κ3) is 2.95. The molecule has 0 saturated heterocycles. The Kier molecular flexibility index (Phi) is 4.05. The van der Waals surface area contributed by atoms with E-state index < -0.39 is 0 Å². The Hall–Kier alpha value is -1.47. The summed E-state index contributed by atoms with van der Waals surface area (Å²) in [5.74, 6) is 1.87. The van der Waals surface area contributed by atoms with Crippen LogP contribution in [-0.4, -0.2) is 6.54 Å². The van der Waals surface area contributed by atoms with E-state index in [-0.39, 0.29) is 0 Å². The quantitative estimate of drug-likeness (QED) is 0.623. The highest BCUT2D eigenvalue weighted by molar-refractivity contribution is 6.30. The predicted octanol–water partition coefficient (Wildman–Crippen LogP) is 6.68. The fourth-order valence-electron chi connectivity index (χ4n) is 6.91. The molecule has 2 aromatic carbocycles. The van der Waals surface area contributed by atoms with E-state index in [0.29, 0.717) is 10.8 Å². The second-order valence-corrected chi connectivity index (χ2v) is 9.73. The molecule has 4 bridgehead atoms. The minimum Gasteiger partial charge on any atom is -0.385 e. The van der Waals surface area contributed by atoms with Crippen molar-refractivity contribution < 1.29 is 0 Å². The molecule has 4 aliphatic rings. The Morgan fingerprint density at radius 2 is 1.58 bits per heavy atom. The van der Waals surface area contributed by atoms with E-state index in [9.17, 15) is 0 Å². The molecule has 0 aromatic heterocycles. The number of halogens is 1. The highest BCUT2D eigenvalue weighted by atomic mass is 35.5. The molecular weight excluding hydrogens is 338 g/mol. The van der Waals surface area contributed by atoms with Crippen molar-refractivity contribution in [2.75, 3.05) is 11.9 Å².